The summed E-state index contributed by atoms with van der Waals surface area (Å²) < 4.78 is 28.2. The second-order valence-corrected chi connectivity index (χ2v) is 9.18. The standard InChI is InChI=1S/C26H26ClF2N3O2/c1-2-3-12-32-24(33)26(30-25(32)34,16-18-6-4-7-20(28)15-18)19-10-13-31(14-11-19)17-21-22(27)8-5-9-23(21)29/h4-9,15,19H,10-14,16-17H2,1H3,(H,30,34). The zero-order chi connectivity index (χ0) is 24.3. The molecular formula is C26H26ClF2N3O2. The average Bonchev–Trinajstić information content (AvgIpc) is 3.05. The zero-order valence-corrected chi connectivity index (χ0v) is 19.7. The van der Waals surface area contributed by atoms with Crippen LogP contribution < -0.4 is 5.32 Å². The van der Waals surface area contributed by atoms with Crippen LogP contribution in [0.5, 0.6) is 0 Å². The molecule has 2 heterocycles. The van der Waals surface area contributed by atoms with Gasteiger partial charge in [0.2, 0.25) is 0 Å². The molecule has 4 rings (SSSR count). The fourth-order valence-corrected chi connectivity index (χ4v) is 5.17. The number of likely N-dealkylation sites (tertiary alicyclic amines) is 1. The normalized spacial score (nSPS) is 21.4. The van der Waals surface area contributed by atoms with Gasteiger partial charge in [0.25, 0.3) is 5.91 Å². The number of hydrogen-bond acceptors (Lipinski definition) is 3. The Hall–Kier alpha value is -2.95. The van der Waals surface area contributed by atoms with E-state index in [0.29, 0.717) is 48.6 Å². The van der Waals surface area contributed by atoms with Gasteiger partial charge >= 0.3 is 6.03 Å². The number of carbonyl (C=O) groups excluding carboxylic acids is 2. The molecule has 2 aliphatic rings. The van der Waals surface area contributed by atoms with Crippen molar-refractivity contribution in [2.75, 3.05) is 19.6 Å². The smallest absolute Gasteiger partial charge is 0.322 e. The Morgan fingerprint density at radius 3 is 2.56 bits per heavy atom. The van der Waals surface area contributed by atoms with Gasteiger partial charge in [0.15, 0.2) is 0 Å². The molecule has 2 aromatic carbocycles. The number of carbonyl (C=O) groups is 2. The van der Waals surface area contributed by atoms with Gasteiger partial charge in [-0.1, -0.05) is 35.7 Å². The average molecular weight is 486 g/mol. The van der Waals surface area contributed by atoms with Gasteiger partial charge in [-0.15, -0.1) is 5.92 Å². The number of hydrogen-bond donors (Lipinski definition) is 1. The van der Waals surface area contributed by atoms with Crippen molar-refractivity contribution in [1.82, 2.24) is 15.1 Å². The monoisotopic (exact) mass is 485 g/mol. The lowest BCUT2D eigenvalue weighted by Gasteiger charge is -2.41. The fraction of sp³-hybridized carbons (Fsp3) is 0.385. The molecule has 0 radical (unpaired) electrons. The van der Waals surface area contributed by atoms with Gasteiger partial charge in [-0.3, -0.25) is 14.6 Å². The van der Waals surface area contributed by atoms with Gasteiger partial charge in [0.1, 0.15) is 17.2 Å². The maximum absolute atomic E-state index is 14.3. The lowest BCUT2D eigenvalue weighted by Crippen LogP contribution is -2.57. The maximum Gasteiger partial charge on any atom is 0.325 e. The molecule has 0 aromatic heterocycles. The molecule has 34 heavy (non-hydrogen) atoms. The third kappa shape index (κ3) is 4.79. The summed E-state index contributed by atoms with van der Waals surface area (Å²) in [5, 5.41) is 3.33. The van der Waals surface area contributed by atoms with Gasteiger partial charge in [-0.05, 0) is 68.6 Å². The Labute approximate surface area is 203 Å². The van der Waals surface area contributed by atoms with Crippen LogP contribution in [0.15, 0.2) is 42.5 Å². The van der Waals surface area contributed by atoms with E-state index in [2.05, 4.69) is 22.1 Å². The number of piperidine rings is 1. The van der Waals surface area contributed by atoms with Crippen molar-refractivity contribution < 1.29 is 18.4 Å². The van der Waals surface area contributed by atoms with Crippen molar-refractivity contribution in [2.45, 2.75) is 38.3 Å². The van der Waals surface area contributed by atoms with Gasteiger partial charge < -0.3 is 5.32 Å². The molecule has 178 valence electrons. The largest absolute Gasteiger partial charge is 0.325 e. The first-order valence-electron chi connectivity index (χ1n) is 11.3. The summed E-state index contributed by atoms with van der Waals surface area (Å²) in [7, 11) is 0. The molecule has 2 aromatic rings. The Balaban J connectivity index is 1.56. The minimum absolute atomic E-state index is 0.0106. The summed E-state index contributed by atoms with van der Waals surface area (Å²) in [6.45, 7) is 3.25. The van der Waals surface area contributed by atoms with E-state index in [4.69, 9.17) is 11.6 Å². The molecular weight excluding hydrogens is 460 g/mol. The van der Waals surface area contributed by atoms with E-state index in [1.165, 1.54) is 18.2 Å². The number of imide groups is 1. The minimum Gasteiger partial charge on any atom is -0.322 e. The SMILES string of the molecule is CC#CCN1C(=O)NC(Cc2cccc(F)c2)(C2CCN(Cc3c(F)cccc3Cl)CC2)C1=O. The van der Waals surface area contributed by atoms with Crippen LogP contribution in [0.25, 0.3) is 0 Å². The highest BCUT2D eigenvalue weighted by Gasteiger charge is 2.55. The van der Waals surface area contributed by atoms with E-state index >= 15 is 0 Å². The number of halogens is 3. The van der Waals surface area contributed by atoms with Gasteiger partial charge in [0.05, 0.1) is 6.54 Å². The molecule has 1 unspecified atom stereocenters. The van der Waals surface area contributed by atoms with Crippen molar-refractivity contribution >= 4 is 23.5 Å². The minimum atomic E-state index is -1.18. The van der Waals surface area contributed by atoms with Crippen LogP contribution in [0.3, 0.4) is 0 Å². The predicted molar refractivity (Wildman–Crippen MR) is 126 cm³/mol. The second kappa shape index (κ2) is 10.1. The van der Waals surface area contributed by atoms with Crippen molar-refractivity contribution in [3.05, 3.63) is 70.2 Å². The first-order valence-corrected chi connectivity index (χ1v) is 11.7. The lowest BCUT2D eigenvalue weighted by atomic mass is 9.74. The van der Waals surface area contributed by atoms with Crippen LogP contribution in [0, 0.1) is 29.4 Å². The van der Waals surface area contributed by atoms with Crippen molar-refractivity contribution in [3.63, 3.8) is 0 Å². The summed E-state index contributed by atoms with van der Waals surface area (Å²) >= 11 is 6.19. The highest BCUT2D eigenvalue weighted by Crippen LogP contribution is 2.37. The zero-order valence-electron chi connectivity index (χ0n) is 18.9. The number of benzene rings is 2. The topological polar surface area (TPSA) is 52.7 Å². The molecule has 2 aliphatic heterocycles. The number of nitrogens with one attached hydrogen (secondary N) is 1. The Bertz CT molecular complexity index is 1130. The van der Waals surface area contributed by atoms with Crippen molar-refractivity contribution in [3.8, 4) is 11.8 Å². The van der Waals surface area contributed by atoms with Crippen LogP contribution in [0.4, 0.5) is 13.6 Å². The summed E-state index contributed by atoms with van der Waals surface area (Å²) in [5.74, 6) is 4.27. The van der Waals surface area contributed by atoms with E-state index in [-0.39, 0.29) is 30.6 Å². The van der Waals surface area contributed by atoms with Gasteiger partial charge in [0, 0.05) is 23.6 Å². The molecule has 0 spiro atoms. The molecule has 1 atom stereocenters. The Kier molecular flexibility index (Phi) is 7.20. The molecule has 1 N–H and O–H groups in total. The van der Waals surface area contributed by atoms with Crippen molar-refractivity contribution in [1.29, 1.82) is 0 Å². The Morgan fingerprint density at radius 2 is 1.88 bits per heavy atom. The van der Waals surface area contributed by atoms with E-state index < -0.39 is 17.4 Å². The second-order valence-electron chi connectivity index (χ2n) is 8.78. The molecule has 8 heteroatoms. The first-order chi connectivity index (χ1) is 16.3. The third-order valence-corrected chi connectivity index (χ3v) is 7.07. The number of urea groups is 1. The molecule has 0 saturated carbocycles. The molecule has 3 amide bonds. The molecule has 0 bridgehead atoms. The van der Waals surface area contributed by atoms with E-state index in [0.717, 1.165) is 4.90 Å². The highest BCUT2D eigenvalue weighted by atomic mass is 35.5. The summed E-state index contributed by atoms with van der Waals surface area (Å²) in [5.41, 5.74) is -0.0912. The van der Waals surface area contributed by atoms with Crippen LogP contribution in [0.1, 0.15) is 30.9 Å². The van der Waals surface area contributed by atoms with Crippen LogP contribution >= 0.6 is 11.6 Å². The molecule has 0 aliphatic carbocycles. The van der Waals surface area contributed by atoms with E-state index in [1.54, 1.807) is 31.2 Å². The number of rotatable bonds is 6. The first kappa shape index (κ1) is 24.2. The van der Waals surface area contributed by atoms with Gasteiger partial charge in [-0.2, -0.15) is 0 Å². The molecule has 5 nitrogen and oxygen atoms in total. The Morgan fingerprint density at radius 1 is 1.15 bits per heavy atom. The number of nitrogens with zero attached hydrogens (tertiary/aromatic N) is 2. The third-order valence-electron chi connectivity index (χ3n) is 6.72. The molecule has 2 fully saturated rings. The maximum atomic E-state index is 14.3. The summed E-state index contributed by atoms with van der Waals surface area (Å²) in [4.78, 5) is 29.6. The van der Waals surface area contributed by atoms with Crippen molar-refractivity contribution in [2.24, 2.45) is 5.92 Å². The summed E-state index contributed by atoms with van der Waals surface area (Å²) in [6, 6.07) is 10.3. The lowest BCUT2D eigenvalue weighted by molar-refractivity contribution is -0.133. The van der Waals surface area contributed by atoms with E-state index in [1.807, 2.05) is 0 Å². The molecule has 2 saturated heterocycles. The van der Waals surface area contributed by atoms with E-state index in [9.17, 15) is 18.4 Å². The predicted octanol–water partition coefficient (Wildman–Crippen LogP) is 4.39. The summed E-state index contributed by atoms with van der Waals surface area (Å²) in [6.07, 6.45) is 1.41. The number of amides is 3. The highest BCUT2D eigenvalue weighted by molar-refractivity contribution is 6.31. The fourth-order valence-electron chi connectivity index (χ4n) is 4.95. The van der Waals surface area contributed by atoms with Gasteiger partial charge in [-0.25, -0.2) is 13.6 Å². The van der Waals surface area contributed by atoms with Crippen LogP contribution in [-0.2, 0) is 17.8 Å². The van der Waals surface area contributed by atoms with Crippen LogP contribution in [-0.4, -0.2) is 46.9 Å². The quantitative estimate of drug-likeness (QED) is 0.488. The van der Waals surface area contributed by atoms with Crippen LogP contribution in [0.2, 0.25) is 5.02 Å².